The van der Waals surface area contributed by atoms with Gasteiger partial charge in [-0.3, -0.25) is 14.5 Å². The number of methoxy groups -OCH3 is 2. The topological polar surface area (TPSA) is 97.5 Å². The molecule has 0 radical (unpaired) electrons. The van der Waals surface area contributed by atoms with Gasteiger partial charge in [-0.25, -0.2) is 5.01 Å². The highest BCUT2D eigenvalue weighted by Crippen LogP contribution is 2.40. The number of carbonyl (C=O) groups excluding carboxylic acids is 2. The van der Waals surface area contributed by atoms with Crippen LogP contribution in [0.4, 0.5) is 0 Å². The SMILES string of the molecule is CCC1(CC)CC(c2ccc(OC)c(OC)c2)=NN(C2CCN(CC(N)=O)CC2)C1=O. The Bertz CT molecular complexity index is 842. The number of hydrazone groups is 1. The van der Waals surface area contributed by atoms with Crippen molar-refractivity contribution < 1.29 is 19.1 Å². The van der Waals surface area contributed by atoms with Crippen LogP contribution in [0.15, 0.2) is 23.3 Å². The van der Waals surface area contributed by atoms with Gasteiger partial charge >= 0.3 is 0 Å². The second-order valence-corrected chi connectivity index (χ2v) is 8.40. The Labute approximate surface area is 184 Å². The maximum absolute atomic E-state index is 13.6. The number of primary amides is 1. The zero-order chi connectivity index (χ0) is 22.6. The molecule has 3 rings (SSSR count). The molecule has 2 aliphatic rings. The molecule has 0 saturated carbocycles. The summed E-state index contributed by atoms with van der Waals surface area (Å²) in [5, 5.41) is 6.59. The lowest BCUT2D eigenvalue weighted by Crippen LogP contribution is -2.53. The first kappa shape index (κ1) is 23.1. The lowest BCUT2D eigenvalue weighted by atomic mass is 9.74. The van der Waals surface area contributed by atoms with Crippen molar-refractivity contribution in [2.24, 2.45) is 16.3 Å². The molecule has 0 unspecified atom stereocenters. The van der Waals surface area contributed by atoms with Crippen LogP contribution in [0.1, 0.15) is 51.5 Å². The van der Waals surface area contributed by atoms with Crippen LogP contribution in [0.3, 0.4) is 0 Å². The molecule has 1 fully saturated rings. The molecule has 1 aromatic rings. The van der Waals surface area contributed by atoms with Crippen LogP contribution in [0.2, 0.25) is 0 Å². The van der Waals surface area contributed by atoms with Crippen LogP contribution in [0.5, 0.6) is 11.5 Å². The number of hydrogen-bond donors (Lipinski definition) is 1. The highest BCUT2D eigenvalue weighted by atomic mass is 16.5. The predicted molar refractivity (Wildman–Crippen MR) is 119 cm³/mol. The van der Waals surface area contributed by atoms with Gasteiger partial charge in [0, 0.05) is 25.1 Å². The van der Waals surface area contributed by atoms with Crippen LogP contribution in [-0.2, 0) is 9.59 Å². The molecule has 1 saturated heterocycles. The Morgan fingerprint density at radius 2 is 1.81 bits per heavy atom. The fourth-order valence-electron chi connectivity index (χ4n) is 4.62. The molecular weight excluding hydrogens is 396 g/mol. The third-order valence-corrected chi connectivity index (χ3v) is 6.75. The van der Waals surface area contributed by atoms with Crippen LogP contribution in [0, 0.1) is 5.41 Å². The number of ether oxygens (including phenoxy) is 2. The molecule has 8 heteroatoms. The summed E-state index contributed by atoms with van der Waals surface area (Å²) < 4.78 is 10.8. The number of rotatable bonds is 8. The van der Waals surface area contributed by atoms with Gasteiger partial charge < -0.3 is 15.2 Å². The molecule has 0 aromatic heterocycles. The van der Waals surface area contributed by atoms with Crippen molar-refractivity contribution in [3.8, 4) is 11.5 Å². The third kappa shape index (κ3) is 4.69. The van der Waals surface area contributed by atoms with E-state index in [2.05, 4.69) is 13.8 Å². The van der Waals surface area contributed by atoms with Crippen molar-refractivity contribution in [3.05, 3.63) is 23.8 Å². The average Bonchev–Trinajstić information content (AvgIpc) is 2.79. The number of nitrogens with two attached hydrogens (primary N) is 1. The van der Waals surface area contributed by atoms with Crippen LogP contribution < -0.4 is 15.2 Å². The first-order valence-electron chi connectivity index (χ1n) is 11.0. The van der Waals surface area contributed by atoms with E-state index in [1.807, 2.05) is 23.1 Å². The van der Waals surface area contributed by atoms with Crippen LogP contribution >= 0.6 is 0 Å². The minimum atomic E-state index is -0.464. The van der Waals surface area contributed by atoms with Gasteiger partial charge in [-0.05, 0) is 43.9 Å². The molecule has 0 spiro atoms. The average molecular weight is 431 g/mol. The van der Waals surface area contributed by atoms with Gasteiger partial charge in [0.25, 0.3) is 0 Å². The summed E-state index contributed by atoms with van der Waals surface area (Å²) in [6.45, 7) is 5.86. The first-order valence-corrected chi connectivity index (χ1v) is 11.0. The molecule has 2 N–H and O–H groups in total. The lowest BCUT2D eigenvalue weighted by Gasteiger charge is -2.43. The fraction of sp³-hybridized carbons (Fsp3) is 0.609. The van der Waals surface area contributed by atoms with Crippen LogP contribution in [-0.4, -0.2) is 67.3 Å². The van der Waals surface area contributed by atoms with Gasteiger partial charge in [0.15, 0.2) is 11.5 Å². The fourth-order valence-corrected chi connectivity index (χ4v) is 4.62. The summed E-state index contributed by atoms with van der Waals surface area (Å²) in [7, 11) is 3.22. The van der Waals surface area contributed by atoms with Crippen molar-refractivity contribution in [1.82, 2.24) is 9.91 Å². The van der Waals surface area contributed by atoms with Crippen LogP contribution in [0.25, 0.3) is 0 Å². The standard InChI is InChI=1S/C23H34N4O4/c1-5-23(6-2)14-18(16-7-8-19(30-3)20(13-16)31-4)25-27(22(23)29)17-9-11-26(12-10-17)15-21(24)28/h7-8,13,17H,5-6,9-12,14-15H2,1-4H3,(H2,24,28). The van der Waals surface area contributed by atoms with Gasteiger partial charge in [0.1, 0.15) is 0 Å². The van der Waals surface area contributed by atoms with E-state index in [1.54, 1.807) is 19.2 Å². The first-order chi connectivity index (χ1) is 14.9. The Balaban J connectivity index is 1.92. The minimum absolute atomic E-state index is 0.0181. The van der Waals surface area contributed by atoms with Gasteiger partial charge in [-0.1, -0.05) is 13.8 Å². The molecular formula is C23H34N4O4. The molecule has 31 heavy (non-hydrogen) atoms. The number of amides is 2. The number of likely N-dealkylation sites (tertiary alicyclic amines) is 1. The van der Waals surface area contributed by atoms with E-state index in [1.165, 1.54) is 0 Å². The molecule has 0 atom stereocenters. The molecule has 8 nitrogen and oxygen atoms in total. The summed E-state index contributed by atoms with van der Waals surface area (Å²) in [5.74, 6) is 1.09. The van der Waals surface area contributed by atoms with Gasteiger partial charge in [-0.2, -0.15) is 5.10 Å². The number of piperidine rings is 1. The molecule has 1 aromatic carbocycles. The Morgan fingerprint density at radius 1 is 1.16 bits per heavy atom. The Morgan fingerprint density at radius 3 is 2.35 bits per heavy atom. The molecule has 0 bridgehead atoms. The Kier molecular flexibility index (Phi) is 7.20. The van der Waals surface area contributed by atoms with Crippen molar-refractivity contribution in [3.63, 3.8) is 0 Å². The second kappa shape index (κ2) is 9.68. The monoisotopic (exact) mass is 430 g/mol. The summed E-state index contributed by atoms with van der Waals surface area (Å²) in [6, 6.07) is 5.79. The summed E-state index contributed by atoms with van der Waals surface area (Å²) in [5.41, 5.74) is 6.70. The van der Waals surface area contributed by atoms with E-state index >= 15 is 0 Å². The van der Waals surface area contributed by atoms with E-state index in [0.29, 0.717) is 17.9 Å². The predicted octanol–water partition coefficient (Wildman–Crippen LogP) is 2.40. The molecule has 2 heterocycles. The van der Waals surface area contributed by atoms with Crippen molar-refractivity contribution in [2.75, 3.05) is 33.9 Å². The smallest absolute Gasteiger partial charge is 0.249 e. The van der Waals surface area contributed by atoms with E-state index in [9.17, 15) is 9.59 Å². The number of nitrogens with zero attached hydrogens (tertiary/aromatic N) is 3. The zero-order valence-electron chi connectivity index (χ0n) is 19.0. The van der Waals surface area contributed by atoms with E-state index in [0.717, 1.165) is 50.0 Å². The summed E-state index contributed by atoms with van der Waals surface area (Å²) in [6.07, 6.45) is 3.65. The largest absolute Gasteiger partial charge is 0.493 e. The molecule has 2 aliphatic heterocycles. The van der Waals surface area contributed by atoms with Gasteiger partial charge in [0.2, 0.25) is 11.8 Å². The maximum Gasteiger partial charge on any atom is 0.249 e. The quantitative estimate of drug-likeness (QED) is 0.683. The zero-order valence-corrected chi connectivity index (χ0v) is 19.0. The van der Waals surface area contributed by atoms with Gasteiger partial charge in [-0.15, -0.1) is 0 Å². The van der Waals surface area contributed by atoms with Crippen molar-refractivity contribution in [2.45, 2.75) is 52.0 Å². The number of benzene rings is 1. The van der Waals surface area contributed by atoms with Gasteiger partial charge in [0.05, 0.1) is 37.9 Å². The third-order valence-electron chi connectivity index (χ3n) is 6.75. The van der Waals surface area contributed by atoms with Crippen molar-refractivity contribution >= 4 is 17.5 Å². The second-order valence-electron chi connectivity index (χ2n) is 8.40. The number of hydrogen-bond acceptors (Lipinski definition) is 6. The highest BCUT2D eigenvalue weighted by Gasteiger charge is 2.45. The summed E-state index contributed by atoms with van der Waals surface area (Å²) in [4.78, 5) is 26.8. The number of carbonyl (C=O) groups is 2. The van der Waals surface area contributed by atoms with E-state index in [4.69, 9.17) is 20.3 Å². The van der Waals surface area contributed by atoms with E-state index < -0.39 is 5.41 Å². The lowest BCUT2D eigenvalue weighted by molar-refractivity contribution is -0.147. The van der Waals surface area contributed by atoms with E-state index in [-0.39, 0.29) is 24.4 Å². The minimum Gasteiger partial charge on any atom is -0.493 e. The highest BCUT2D eigenvalue weighted by molar-refractivity contribution is 6.06. The normalized spacial score (nSPS) is 19.8. The summed E-state index contributed by atoms with van der Waals surface area (Å²) >= 11 is 0. The molecule has 2 amide bonds. The maximum atomic E-state index is 13.6. The van der Waals surface area contributed by atoms with Crippen molar-refractivity contribution in [1.29, 1.82) is 0 Å². The molecule has 170 valence electrons. The Hall–Kier alpha value is -2.61. The molecule has 0 aliphatic carbocycles.